The Morgan fingerprint density at radius 2 is 1.72 bits per heavy atom. The minimum Gasteiger partial charge on any atom is -0.480 e. The third-order valence-electron chi connectivity index (χ3n) is 3.78. The number of hydrogen-bond acceptors (Lipinski definition) is 3. The average molecular weight is 348 g/mol. The number of aryl methyl sites for hydroxylation is 2. The molecule has 0 spiro atoms. The maximum Gasteiger partial charge on any atom is 0.326 e. The first-order valence-corrected chi connectivity index (χ1v) is 8.62. The molecule has 6 nitrogen and oxygen atoms in total. The summed E-state index contributed by atoms with van der Waals surface area (Å²) in [6, 6.07) is 7.24. The topological polar surface area (TPSA) is 95.5 Å². The van der Waals surface area contributed by atoms with Crippen LogP contribution in [0.4, 0.5) is 0 Å². The fraction of sp³-hybridized carbons (Fsp3) is 0.526. The fourth-order valence-electron chi connectivity index (χ4n) is 2.41. The van der Waals surface area contributed by atoms with Crippen LogP contribution in [0.1, 0.15) is 44.2 Å². The van der Waals surface area contributed by atoms with Crippen molar-refractivity contribution in [2.75, 3.05) is 6.54 Å². The Hall–Kier alpha value is -2.37. The number of carbonyl (C=O) groups excluding carboxylic acids is 2. The van der Waals surface area contributed by atoms with Gasteiger partial charge < -0.3 is 15.7 Å². The van der Waals surface area contributed by atoms with E-state index < -0.39 is 17.9 Å². The summed E-state index contributed by atoms with van der Waals surface area (Å²) in [7, 11) is 0. The molecule has 0 saturated carbocycles. The molecule has 0 aliphatic rings. The van der Waals surface area contributed by atoms with E-state index in [0.717, 1.165) is 6.42 Å². The monoisotopic (exact) mass is 348 g/mol. The van der Waals surface area contributed by atoms with Crippen LogP contribution in [0.25, 0.3) is 0 Å². The van der Waals surface area contributed by atoms with Gasteiger partial charge in [0, 0.05) is 6.42 Å². The molecule has 0 fully saturated rings. The lowest BCUT2D eigenvalue weighted by atomic mass is 10.0. The Kier molecular flexibility index (Phi) is 8.67. The van der Waals surface area contributed by atoms with E-state index in [4.69, 9.17) is 5.11 Å². The summed E-state index contributed by atoms with van der Waals surface area (Å²) in [4.78, 5) is 34.7. The number of amides is 2. The van der Waals surface area contributed by atoms with E-state index in [1.165, 1.54) is 11.1 Å². The van der Waals surface area contributed by atoms with E-state index >= 15 is 0 Å². The van der Waals surface area contributed by atoms with Crippen molar-refractivity contribution in [2.24, 2.45) is 5.92 Å². The number of benzene rings is 1. The first-order valence-electron chi connectivity index (χ1n) is 8.62. The third kappa shape index (κ3) is 8.88. The molecular weight excluding hydrogens is 320 g/mol. The van der Waals surface area contributed by atoms with Crippen LogP contribution in [-0.2, 0) is 20.8 Å². The first-order chi connectivity index (χ1) is 11.8. The zero-order chi connectivity index (χ0) is 18.8. The molecule has 0 unspecified atom stereocenters. The number of carboxylic acid groups (broad SMARTS) is 1. The minimum absolute atomic E-state index is 0.151. The highest BCUT2D eigenvalue weighted by molar-refractivity contribution is 5.87. The van der Waals surface area contributed by atoms with Crippen LogP contribution in [0.15, 0.2) is 24.3 Å². The molecule has 0 aliphatic carbocycles. The Balaban J connectivity index is 2.26. The first kappa shape index (κ1) is 20.7. The smallest absolute Gasteiger partial charge is 0.326 e. The summed E-state index contributed by atoms with van der Waals surface area (Å²) in [5, 5.41) is 14.1. The van der Waals surface area contributed by atoms with Crippen LogP contribution >= 0.6 is 0 Å². The Bertz CT molecular complexity index is 582. The molecule has 138 valence electrons. The van der Waals surface area contributed by atoms with Crippen molar-refractivity contribution < 1.29 is 19.5 Å². The molecule has 1 aromatic rings. The van der Waals surface area contributed by atoms with Crippen LogP contribution in [0.2, 0.25) is 0 Å². The van der Waals surface area contributed by atoms with E-state index in [1.54, 1.807) is 0 Å². The number of rotatable bonds is 10. The molecule has 1 rings (SSSR count). The zero-order valence-electron chi connectivity index (χ0n) is 15.2. The van der Waals surface area contributed by atoms with E-state index in [1.807, 2.05) is 45.0 Å². The van der Waals surface area contributed by atoms with Crippen molar-refractivity contribution in [1.29, 1.82) is 0 Å². The molecule has 0 saturated heterocycles. The summed E-state index contributed by atoms with van der Waals surface area (Å²) in [5.74, 6) is -1.61. The normalized spacial score (nSPS) is 11.8. The molecule has 3 N–H and O–H groups in total. The highest BCUT2D eigenvalue weighted by Gasteiger charge is 2.21. The van der Waals surface area contributed by atoms with E-state index in [9.17, 15) is 14.4 Å². The summed E-state index contributed by atoms with van der Waals surface area (Å²) < 4.78 is 0. The quantitative estimate of drug-likeness (QED) is 0.603. The highest BCUT2D eigenvalue weighted by Crippen LogP contribution is 2.07. The van der Waals surface area contributed by atoms with Gasteiger partial charge in [-0.05, 0) is 37.7 Å². The van der Waals surface area contributed by atoms with Crippen molar-refractivity contribution in [1.82, 2.24) is 10.6 Å². The van der Waals surface area contributed by atoms with E-state index in [2.05, 4.69) is 10.6 Å². The Labute approximate surface area is 149 Å². The molecule has 0 aliphatic heterocycles. The predicted molar refractivity (Wildman–Crippen MR) is 96.1 cm³/mol. The van der Waals surface area contributed by atoms with Crippen molar-refractivity contribution in [3.05, 3.63) is 35.4 Å². The van der Waals surface area contributed by atoms with E-state index in [-0.39, 0.29) is 18.4 Å². The van der Waals surface area contributed by atoms with Gasteiger partial charge >= 0.3 is 5.97 Å². The molecule has 0 aromatic heterocycles. The van der Waals surface area contributed by atoms with Crippen molar-refractivity contribution in [3.63, 3.8) is 0 Å². The maximum atomic E-state index is 11.8. The molecule has 2 amide bonds. The van der Waals surface area contributed by atoms with Gasteiger partial charge in [-0.1, -0.05) is 43.7 Å². The Morgan fingerprint density at radius 3 is 2.28 bits per heavy atom. The molecule has 6 heteroatoms. The lowest BCUT2D eigenvalue weighted by molar-refractivity contribution is -0.142. The summed E-state index contributed by atoms with van der Waals surface area (Å²) in [6.45, 7) is 5.60. The molecular formula is C19H28N2O4. The largest absolute Gasteiger partial charge is 0.480 e. The number of nitrogens with one attached hydrogen (secondary N) is 2. The van der Waals surface area contributed by atoms with Gasteiger partial charge in [0.1, 0.15) is 6.04 Å². The maximum absolute atomic E-state index is 11.8. The van der Waals surface area contributed by atoms with Gasteiger partial charge in [-0.25, -0.2) is 4.79 Å². The van der Waals surface area contributed by atoms with Crippen LogP contribution in [0.5, 0.6) is 0 Å². The van der Waals surface area contributed by atoms with Gasteiger partial charge in [-0.3, -0.25) is 9.59 Å². The average Bonchev–Trinajstić information content (AvgIpc) is 2.53. The molecule has 1 aromatic carbocycles. The van der Waals surface area contributed by atoms with Gasteiger partial charge in [0.05, 0.1) is 6.54 Å². The molecule has 25 heavy (non-hydrogen) atoms. The molecule has 1 atom stereocenters. The second-order valence-electron chi connectivity index (χ2n) is 6.70. The molecule has 0 bridgehead atoms. The van der Waals surface area contributed by atoms with Crippen molar-refractivity contribution in [3.8, 4) is 0 Å². The van der Waals surface area contributed by atoms with Gasteiger partial charge in [-0.15, -0.1) is 0 Å². The summed E-state index contributed by atoms with van der Waals surface area (Å²) >= 11 is 0. The van der Waals surface area contributed by atoms with Crippen LogP contribution in [0.3, 0.4) is 0 Å². The van der Waals surface area contributed by atoms with Gasteiger partial charge in [-0.2, -0.15) is 0 Å². The predicted octanol–water partition coefficient (Wildman–Crippen LogP) is 2.05. The number of hydrogen-bond donors (Lipinski definition) is 3. The summed E-state index contributed by atoms with van der Waals surface area (Å²) in [5.41, 5.74) is 2.37. The van der Waals surface area contributed by atoms with Crippen LogP contribution in [0, 0.1) is 12.8 Å². The molecule has 0 radical (unpaired) electrons. The van der Waals surface area contributed by atoms with Gasteiger partial charge in [0.25, 0.3) is 0 Å². The third-order valence-corrected chi connectivity index (χ3v) is 3.78. The number of carbonyl (C=O) groups is 3. The van der Waals surface area contributed by atoms with Gasteiger partial charge in [0.2, 0.25) is 11.8 Å². The second kappa shape index (κ2) is 10.5. The minimum atomic E-state index is -1.06. The fourth-order valence-corrected chi connectivity index (χ4v) is 2.41. The van der Waals surface area contributed by atoms with Crippen LogP contribution in [-0.4, -0.2) is 35.5 Å². The SMILES string of the molecule is Cc1ccc(CCCC(=O)NCC(=O)N[C@@H](CC(C)C)C(=O)O)cc1. The highest BCUT2D eigenvalue weighted by atomic mass is 16.4. The zero-order valence-corrected chi connectivity index (χ0v) is 15.2. The van der Waals surface area contributed by atoms with Crippen molar-refractivity contribution in [2.45, 2.75) is 52.5 Å². The summed E-state index contributed by atoms with van der Waals surface area (Å²) in [6.07, 6.45) is 2.18. The number of aliphatic carboxylic acids is 1. The standard InChI is InChI=1S/C19H28N2O4/c1-13(2)11-16(19(24)25)21-18(23)12-20-17(22)6-4-5-15-9-7-14(3)8-10-15/h7-10,13,16H,4-6,11-12H2,1-3H3,(H,20,22)(H,21,23)(H,24,25)/t16-/m0/s1. The molecule has 0 heterocycles. The van der Waals surface area contributed by atoms with Gasteiger partial charge in [0.15, 0.2) is 0 Å². The second-order valence-corrected chi connectivity index (χ2v) is 6.70. The van der Waals surface area contributed by atoms with Crippen molar-refractivity contribution >= 4 is 17.8 Å². The lowest BCUT2D eigenvalue weighted by Gasteiger charge is -2.16. The Morgan fingerprint density at radius 1 is 1.08 bits per heavy atom. The van der Waals surface area contributed by atoms with Crippen LogP contribution < -0.4 is 10.6 Å². The van der Waals surface area contributed by atoms with E-state index in [0.29, 0.717) is 19.3 Å². The lowest BCUT2D eigenvalue weighted by Crippen LogP contribution is -2.46. The number of carboxylic acids is 1.